The van der Waals surface area contributed by atoms with Crippen molar-refractivity contribution < 1.29 is 14.3 Å². The lowest BCUT2D eigenvalue weighted by Gasteiger charge is -2.15. The van der Waals surface area contributed by atoms with Gasteiger partial charge in [0.05, 0.1) is 10.6 Å². The standard InChI is InChI=1S/C12H14ClNO3/c1-3-14(2)12(16)8-17-11-6-4-5-10(13)9(11)7-15/h4-7H,3,8H2,1-2H3. The van der Waals surface area contributed by atoms with E-state index in [2.05, 4.69) is 0 Å². The number of hydrogen-bond acceptors (Lipinski definition) is 3. The summed E-state index contributed by atoms with van der Waals surface area (Å²) in [7, 11) is 1.68. The molecule has 1 aromatic rings. The highest BCUT2D eigenvalue weighted by atomic mass is 35.5. The van der Waals surface area contributed by atoms with E-state index >= 15 is 0 Å². The van der Waals surface area contributed by atoms with Crippen molar-refractivity contribution in [2.75, 3.05) is 20.2 Å². The van der Waals surface area contributed by atoms with Crippen LogP contribution >= 0.6 is 11.6 Å². The van der Waals surface area contributed by atoms with Gasteiger partial charge in [-0.05, 0) is 19.1 Å². The van der Waals surface area contributed by atoms with Crippen LogP contribution in [0.4, 0.5) is 0 Å². The van der Waals surface area contributed by atoms with Crippen molar-refractivity contribution in [3.05, 3.63) is 28.8 Å². The minimum Gasteiger partial charge on any atom is -0.483 e. The fourth-order valence-electron chi connectivity index (χ4n) is 1.18. The van der Waals surface area contributed by atoms with Gasteiger partial charge in [-0.3, -0.25) is 9.59 Å². The van der Waals surface area contributed by atoms with E-state index in [-0.39, 0.29) is 18.1 Å². The number of benzene rings is 1. The van der Waals surface area contributed by atoms with E-state index in [1.54, 1.807) is 25.2 Å². The van der Waals surface area contributed by atoms with Gasteiger partial charge in [-0.15, -0.1) is 0 Å². The molecule has 1 aromatic carbocycles. The van der Waals surface area contributed by atoms with E-state index in [4.69, 9.17) is 16.3 Å². The quantitative estimate of drug-likeness (QED) is 0.756. The van der Waals surface area contributed by atoms with Crippen LogP contribution in [0.1, 0.15) is 17.3 Å². The van der Waals surface area contributed by atoms with Gasteiger partial charge >= 0.3 is 0 Å². The SMILES string of the molecule is CCN(C)C(=O)COc1cccc(Cl)c1C=O. The molecule has 1 rings (SSSR count). The summed E-state index contributed by atoms with van der Waals surface area (Å²) in [4.78, 5) is 23.9. The minimum absolute atomic E-state index is 0.106. The molecule has 5 heteroatoms. The van der Waals surface area contributed by atoms with Gasteiger partial charge in [-0.1, -0.05) is 17.7 Å². The summed E-state index contributed by atoms with van der Waals surface area (Å²) in [6, 6.07) is 4.87. The van der Waals surface area contributed by atoms with Crippen molar-refractivity contribution in [2.24, 2.45) is 0 Å². The fraction of sp³-hybridized carbons (Fsp3) is 0.333. The van der Waals surface area contributed by atoms with E-state index in [0.717, 1.165) is 0 Å². The average molecular weight is 256 g/mol. The van der Waals surface area contributed by atoms with Crippen LogP contribution in [0, 0.1) is 0 Å². The van der Waals surface area contributed by atoms with Gasteiger partial charge in [-0.2, -0.15) is 0 Å². The summed E-state index contributed by atoms with van der Waals surface area (Å²) >= 11 is 5.83. The number of rotatable bonds is 5. The molecule has 0 bridgehead atoms. The van der Waals surface area contributed by atoms with E-state index < -0.39 is 0 Å². The Morgan fingerprint density at radius 1 is 1.53 bits per heavy atom. The van der Waals surface area contributed by atoms with Gasteiger partial charge in [0.15, 0.2) is 12.9 Å². The zero-order valence-corrected chi connectivity index (χ0v) is 10.5. The van der Waals surface area contributed by atoms with Crippen molar-refractivity contribution in [1.29, 1.82) is 0 Å². The number of hydrogen-bond donors (Lipinski definition) is 0. The average Bonchev–Trinajstić information content (AvgIpc) is 2.34. The molecule has 0 aliphatic rings. The first-order chi connectivity index (χ1) is 8.10. The number of nitrogens with zero attached hydrogens (tertiary/aromatic N) is 1. The highest BCUT2D eigenvalue weighted by Crippen LogP contribution is 2.24. The lowest BCUT2D eigenvalue weighted by atomic mass is 10.2. The molecule has 0 N–H and O–H groups in total. The zero-order chi connectivity index (χ0) is 12.8. The molecule has 0 radical (unpaired) electrons. The molecule has 0 saturated carbocycles. The fourth-order valence-corrected chi connectivity index (χ4v) is 1.39. The van der Waals surface area contributed by atoms with Crippen LogP contribution in [-0.2, 0) is 4.79 Å². The predicted octanol–water partition coefficient (Wildman–Crippen LogP) is 2.01. The third-order valence-corrected chi connectivity index (χ3v) is 2.71. The molecule has 92 valence electrons. The summed E-state index contributed by atoms with van der Waals surface area (Å²) in [5.41, 5.74) is 0.265. The first kappa shape index (κ1) is 13.5. The van der Waals surface area contributed by atoms with E-state index in [1.165, 1.54) is 4.90 Å². The Bertz CT molecular complexity index is 420. The zero-order valence-electron chi connectivity index (χ0n) is 9.77. The van der Waals surface area contributed by atoms with E-state index in [9.17, 15) is 9.59 Å². The Morgan fingerprint density at radius 2 is 2.24 bits per heavy atom. The van der Waals surface area contributed by atoms with Crippen LogP contribution in [0.25, 0.3) is 0 Å². The molecule has 0 aliphatic carbocycles. The lowest BCUT2D eigenvalue weighted by molar-refractivity contribution is -0.131. The topological polar surface area (TPSA) is 46.6 Å². The minimum atomic E-state index is -0.149. The van der Waals surface area contributed by atoms with Gasteiger partial charge in [0.25, 0.3) is 5.91 Å². The summed E-state index contributed by atoms with van der Waals surface area (Å²) < 4.78 is 5.29. The summed E-state index contributed by atoms with van der Waals surface area (Å²) in [6.45, 7) is 2.37. The number of likely N-dealkylation sites (N-methyl/N-ethyl adjacent to an activating group) is 1. The normalized spacial score (nSPS) is 9.82. The van der Waals surface area contributed by atoms with Crippen molar-refractivity contribution in [2.45, 2.75) is 6.92 Å². The maximum Gasteiger partial charge on any atom is 0.260 e. The number of amides is 1. The van der Waals surface area contributed by atoms with Gasteiger partial charge < -0.3 is 9.64 Å². The monoisotopic (exact) mass is 255 g/mol. The van der Waals surface area contributed by atoms with Crippen molar-refractivity contribution in [3.63, 3.8) is 0 Å². The second-order valence-corrected chi connectivity index (χ2v) is 3.87. The maximum atomic E-state index is 11.5. The molecule has 0 saturated heterocycles. The molecule has 4 nitrogen and oxygen atoms in total. The van der Waals surface area contributed by atoms with E-state index in [1.807, 2.05) is 6.92 Å². The van der Waals surface area contributed by atoms with Gasteiger partial charge in [0.1, 0.15) is 5.75 Å². The third-order valence-electron chi connectivity index (χ3n) is 2.38. The molecule has 17 heavy (non-hydrogen) atoms. The molecular formula is C12H14ClNO3. The van der Waals surface area contributed by atoms with Crippen molar-refractivity contribution in [3.8, 4) is 5.75 Å². The maximum absolute atomic E-state index is 11.5. The Labute approximate surface area is 105 Å². The number of carbonyl (C=O) groups is 2. The molecule has 0 aromatic heterocycles. The molecule has 0 fully saturated rings. The molecule has 0 heterocycles. The summed E-state index contributed by atoms with van der Waals surface area (Å²) in [6.07, 6.45) is 0.617. The molecule has 0 atom stereocenters. The van der Waals surface area contributed by atoms with Crippen molar-refractivity contribution >= 4 is 23.8 Å². The molecule has 0 spiro atoms. The Balaban J connectivity index is 2.73. The third kappa shape index (κ3) is 3.46. The molecule has 0 aliphatic heterocycles. The highest BCUT2D eigenvalue weighted by molar-refractivity contribution is 6.33. The van der Waals surface area contributed by atoms with Gasteiger partial charge in [0.2, 0.25) is 0 Å². The predicted molar refractivity (Wildman–Crippen MR) is 65.6 cm³/mol. The lowest BCUT2D eigenvalue weighted by Crippen LogP contribution is -2.31. The highest BCUT2D eigenvalue weighted by Gasteiger charge is 2.11. The Kier molecular flexibility index (Phi) is 4.97. The van der Waals surface area contributed by atoms with Crippen LogP contribution in [-0.4, -0.2) is 37.3 Å². The van der Waals surface area contributed by atoms with E-state index in [0.29, 0.717) is 23.6 Å². The Morgan fingerprint density at radius 3 is 2.82 bits per heavy atom. The molecular weight excluding hydrogens is 242 g/mol. The van der Waals surface area contributed by atoms with Gasteiger partial charge in [0, 0.05) is 13.6 Å². The number of carbonyl (C=O) groups excluding carboxylic acids is 2. The second kappa shape index (κ2) is 6.25. The largest absolute Gasteiger partial charge is 0.483 e. The summed E-state index contributed by atoms with van der Waals surface area (Å²) in [5, 5.41) is 0.314. The van der Waals surface area contributed by atoms with Gasteiger partial charge in [-0.25, -0.2) is 0 Å². The van der Waals surface area contributed by atoms with Crippen LogP contribution in [0.5, 0.6) is 5.75 Å². The second-order valence-electron chi connectivity index (χ2n) is 3.47. The van der Waals surface area contributed by atoms with Crippen LogP contribution in [0.2, 0.25) is 5.02 Å². The Hall–Kier alpha value is -1.55. The molecule has 1 amide bonds. The number of aldehydes is 1. The van der Waals surface area contributed by atoms with Crippen LogP contribution < -0.4 is 4.74 Å². The van der Waals surface area contributed by atoms with Crippen LogP contribution in [0.3, 0.4) is 0 Å². The summed E-state index contributed by atoms with van der Waals surface area (Å²) in [5.74, 6) is 0.176. The number of ether oxygens (including phenoxy) is 1. The first-order valence-corrected chi connectivity index (χ1v) is 5.58. The number of halogens is 1. The molecule has 0 unspecified atom stereocenters. The smallest absolute Gasteiger partial charge is 0.260 e. The van der Waals surface area contributed by atoms with Crippen LogP contribution in [0.15, 0.2) is 18.2 Å². The first-order valence-electron chi connectivity index (χ1n) is 5.20. The van der Waals surface area contributed by atoms with Crippen molar-refractivity contribution in [1.82, 2.24) is 4.90 Å².